The second-order valence-electron chi connectivity index (χ2n) is 6.00. The third-order valence-electron chi connectivity index (χ3n) is 4.58. The van der Waals surface area contributed by atoms with Crippen LogP contribution >= 0.6 is 0 Å². The summed E-state index contributed by atoms with van der Waals surface area (Å²) in [5.41, 5.74) is 0. The van der Waals surface area contributed by atoms with Crippen LogP contribution in [0.25, 0.3) is 0 Å². The number of amides is 1. The molecule has 3 fully saturated rings. The van der Waals surface area contributed by atoms with Gasteiger partial charge in [0.1, 0.15) is 0 Å². The largest absolute Gasteiger partial charge is 0.379 e. The summed E-state index contributed by atoms with van der Waals surface area (Å²) in [6, 6.07) is 0.0992. The highest BCUT2D eigenvalue weighted by atomic mass is 16.5. The molecule has 3 heterocycles. The zero-order valence-corrected chi connectivity index (χ0v) is 11.6. The number of nitrogens with zero attached hydrogens (tertiary/aromatic N) is 2. The van der Waals surface area contributed by atoms with E-state index in [1.54, 1.807) is 0 Å². The smallest absolute Gasteiger partial charge is 0.239 e. The van der Waals surface area contributed by atoms with Crippen LogP contribution in [0.4, 0.5) is 0 Å². The van der Waals surface area contributed by atoms with Gasteiger partial charge < -0.3 is 15.0 Å². The van der Waals surface area contributed by atoms with Crippen molar-refractivity contribution in [2.75, 3.05) is 52.5 Å². The molecule has 2 atom stereocenters. The molecule has 0 aromatic rings. The summed E-state index contributed by atoms with van der Waals surface area (Å²) in [5, 5.41) is 3.31. The number of rotatable bonds is 3. The van der Waals surface area contributed by atoms with E-state index in [1.807, 2.05) is 0 Å². The summed E-state index contributed by atoms with van der Waals surface area (Å²) in [4.78, 5) is 16.9. The highest BCUT2D eigenvalue weighted by Crippen LogP contribution is 2.20. The van der Waals surface area contributed by atoms with E-state index in [9.17, 15) is 4.79 Å². The Balaban J connectivity index is 1.45. The Morgan fingerprint density at radius 3 is 2.79 bits per heavy atom. The first-order valence-electron chi connectivity index (χ1n) is 7.65. The highest BCUT2D eigenvalue weighted by molar-refractivity contribution is 5.82. The zero-order chi connectivity index (χ0) is 13.1. The fourth-order valence-corrected chi connectivity index (χ4v) is 3.45. The maximum Gasteiger partial charge on any atom is 0.239 e. The van der Waals surface area contributed by atoms with E-state index in [4.69, 9.17) is 4.74 Å². The lowest BCUT2D eigenvalue weighted by molar-refractivity contribution is -0.132. The van der Waals surface area contributed by atoms with Crippen LogP contribution in [0, 0.1) is 5.92 Å². The molecule has 0 aromatic carbocycles. The summed E-state index contributed by atoms with van der Waals surface area (Å²) >= 11 is 0. The van der Waals surface area contributed by atoms with Crippen LogP contribution in [0.3, 0.4) is 0 Å². The van der Waals surface area contributed by atoms with Crippen LogP contribution in [0.2, 0.25) is 0 Å². The molecule has 0 saturated carbocycles. The molecule has 0 spiro atoms. The van der Waals surface area contributed by atoms with E-state index >= 15 is 0 Å². The number of carbonyl (C=O) groups excluding carboxylic acids is 1. The maximum atomic E-state index is 12.3. The topological polar surface area (TPSA) is 44.8 Å². The van der Waals surface area contributed by atoms with E-state index in [0.29, 0.717) is 11.8 Å². The molecule has 3 aliphatic heterocycles. The molecular weight excluding hydrogens is 242 g/mol. The van der Waals surface area contributed by atoms with E-state index in [0.717, 1.165) is 71.7 Å². The predicted molar refractivity (Wildman–Crippen MR) is 73.0 cm³/mol. The molecule has 108 valence electrons. The van der Waals surface area contributed by atoms with Crippen molar-refractivity contribution in [2.45, 2.75) is 25.3 Å². The van der Waals surface area contributed by atoms with E-state index in [2.05, 4.69) is 15.1 Å². The third-order valence-corrected chi connectivity index (χ3v) is 4.58. The van der Waals surface area contributed by atoms with Crippen LogP contribution in [-0.2, 0) is 9.53 Å². The van der Waals surface area contributed by atoms with Crippen molar-refractivity contribution in [3.8, 4) is 0 Å². The van der Waals surface area contributed by atoms with Crippen molar-refractivity contribution >= 4 is 5.91 Å². The summed E-state index contributed by atoms with van der Waals surface area (Å²) in [5.74, 6) is 0.991. The van der Waals surface area contributed by atoms with Gasteiger partial charge in [0.2, 0.25) is 5.91 Å². The van der Waals surface area contributed by atoms with Crippen molar-refractivity contribution in [3.63, 3.8) is 0 Å². The third kappa shape index (κ3) is 3.27. The number of morpholine rings is 1. The molecule has 1 unspecified atom stereocenters. The standard InChI is InChI=1S/C14H25N3O2/c18-14(13-2-1-4-15-13)17-5-3-12(11-17)10-16-6-8-19-9-7-16/h12-13,15H,1-11H2/t12?,13-/m0/s1. The molecule has 3 rings (SSSR count). The predicted octanol–water partition coefficient (Wildman–Crippen LogP) is -0.0809. The number of likely N-dealkylation sites (tertiary alicyclic amines) is 1. The van der Waals surface area contributed by atoms with Gasteiger partial charge >= 0.3 is 0 Å². The normalized spacial score (nSPS) is 32.9. The number of hydrogen-bond donors (Lipinski definition) is 1. The van der Waals surface area contributed by atoms with Crippen LogP contribution in [0.5, 0.6) is 0 Å². The van der Waals surface area contributed by atoms with Gasteiger partial charge in [0.15, 0.2) is 0 Å². The molecule has 5 nitrogen and oxygen atoms in total. The van der Waals surface area contributed by atoms with E-state index in [-0.39, 0.29) is 6.04 Å². The second-order valence-corrected chi connectivity index (χ2v) is 6.00. The molecule has 0 aliphatic carbocycles. The number of nitrogens with one attached hydrogen (secondary N) is 1. The van der Waals surface area contributed by atoms with Gasteiger partial charge in [-0.25, -0.2) is 0 Å². The summed E-state index contributed by atoms with van der Waals surface area (Å²) in [6.45, 7) is 7.86. The Hall–Kier alpha value is -0.650. The fourth-order valence-electron chi connectivity index (χ4n) is 3.45. The summed E-state index contributed by atoms with van der Waals surface area (Å²) in [7, 11) is 0. The molecule has 0 aromatic heterocycles. The minimum absolute atomic E-state index is 0.0992. The van der Waals surface area contributed by atoms with Gasteiger partial charge in [0.25, 0.3) is 0 Å². The van der Waals surface area contributed by atoms with Gasteiger partial charge in [-0.15, -0.1) is 0 Å². The van der Waals surface area contributed by atoms with Gasteiger partial charge in [0.05, 0.1) is 19.3 Å². The minimum Gasteiger partial charge on any atom is -0.379 e. The maximum absolute atomic E-state index is 12.3. The van der Waals surface area contributed by atoms with Crippen molar-refractivity contribution in [3.05, 3.63) is 0 Å². The fraction of sp³-hybridized carbons (Fsp3) is 0.929. The Morgan fingerprint density at radius 1 is 1.21 bits per heavy atom. The number of ether oxygens (including phenoxy) is 1. The number of hydrogen-bond acceptors (Lipinski definition) is 4. The van der Waals surface area contributed by atoms with Crippen LogP contribution in [0.1, 0.15) is 19.3 Å². The zero-order valence-electron chi connectivity index (χ0n) is 11.6. The molecule has 3 saturated heterocycles. The first-order chi connectivity index (χ1) is 9.33. The van der Waals surface area contributed by atoms with Gasteiger partial charge in [-0.05, 0) is 31.7 Å². The average Bonchev–Trinajstić information content (AvgIpc) is 3.10. The quantitative estimate of drug-likeness (QED) is 0.777. The first kappa shape index (κ1) is 13.3. The lowest BCUT2D eigenvalue weighted by Crippen LogP contribution is -2.43. The molecule has 19 heavy (non-hydrogen) atoms. The van der Waals surface area contributed by atoms with Crippen molar-refractivity contribution in [1.82, 2.24) is 15.1 Å². The monoisotopic (exact) mass is 267 g/mol. The second kappa shape index (κ2) is 6.20. The first-order valence-corrected chi connectivity index (χ1v) is 7.65. The molecule has 3 aliphatic rings. The highest BCUT2D eigenvalue weighted by Gasteiger charge is 2.32. The van der Waals surface area contributed by atoms with Crippen LogP contribution < -0.4 is 5.32 Å². The van der Waals surface area contributed by atoms with Crippen molar-refractivity contribution in [2.24, 2.45) is 5.92 Å². The summed E-state index contributed by atoms with van der Waals surface area (Å²) < 4.78 is 5.38. The molecule has 1 N–H and O–H groups in total. The van der Waals surface area contributed by atoms with Crippen LogP contribution in [0.15, 0.2) is 0 Å². The van der Waals surface area contributed by atoms with Gasteiger partial charge in [-0.1, -0.05) is 0 Å². The van der Waals surface area contributed by atoms with Crippen LogP contribution in [-0.4, -0.2) is 74.2 Å². The van der Waals surface area contributed by atoms with E-state index in [1.165, 1.54) is 0 Å². The van der Waals surface area contributed by atoms with E-state index < -0.39 is 0 Å². The Kier molecular flexibility index (Phi) is 4.35. The van der Waals surface area contributed by atoms with Gasteiger partial charge in [0, 0.05) is 32.7 Å². The molecule has 5 heteroatoms. The van der Waals surface area contributed by atoms with Crippen molar-refractivity contribution in [1.29, 1.82) is 0 Å². The molecular formula is C14H25N3O2. The Labute approximate surface area is 115 Å². The molecule has 0 radical (unpaired) electrons. The SMILES string of the molecule is O=C([C@@H]1CCCN1)N1CCC(CN2CCOCC2)C1. The lowest BCUT2D eigenvalue weighted by atomic mass is 10.1. The summed E-state index contributed by atoms with van der Waals surface area (Å²) in [6.07, 6.45) is 3.32. The average molecular weight is 267 g/mol. The Bertz CT molecular complexity index is 312. The minimum atomic E-state index is 0.0992. The molecule has 1 amide bonds. The van der Waals surface area contributed by atoms with Crippen molar-refractivity contribution < 1.29 is 9.53 Å². The van der Waals surface area contributed by atoms with Gasteiger partial charge in [-0.3, -0.25) is 9.69 Å². The molecule has 0 bridgehead atoms. The lowest BCUT2D eigenvalue weighted by Gasteiger charge is -2.29. The number of carbonyl (C=O) groups is 1. The van der Waals surface area contributed by atoms with Gasteiger partial charge in [-0.2, -0.15) is 0 Å². The Morgan fingerprint density at radius 2 is 2.05 bits per heavy atom.